The van der Waals surface area contributed by atoms with Gasteiger partial charge in [0.25, 0.3) is 11.5 Å². The highest BCUT2D eigenvalue weighted by molar-refractivity contribution is 7.07. The molecule has 2 aromatic carbocycles. The van der Waals surface area contributed by atoms with E-state index in [1.165, 1.54) is 17.4 Å². The van der Waals surface area contributed by atoms with Crippen LogP contribution in [0.5, 0.6) is 0 Å². The highest BCUT2D eigenvalue weighted by atomic mass is 35.5. The van der Waals surface area contributed by atoms with Crippen molar-refractivity contribution in [2.75, 3.05) is 5.32 Å². The first kappa shape index (κ1) is 21.7. The van der Waals surface area contributed by atoms with Gasteiger partial charge in [-0.3, -0.25) is 14.4 Å². The van der Waals surface area contributed by atoms with Crippen LogP contribution in [0.3, 0.4) is 0 Å². The van der Waals surface area contributed by atoms with Crippen LogP contribution < -0.4 is 20.1 Å². The smallest absolute Gasteiger partial charge is 0.266 e. The number of Topliss-reactive ketones (excluding diaryl/α,β-unsaturated/α-hetero) is 1. The van der Waals surface area contributed by atoms with E-state index < -0.39 is 5.41 Å². The zero-order valence-corrected chi connectivity index (χ0v) is 18.4. The Morgan fingerprint density at radius 1 is 1.10 bits per heavy atom. The third-order valence-electron chi connectivity index (χ3n) is 4.24. The maximum Gasteiger partial charge on any atom is 0.266 e. The number of benzene rings is 2. The molecule has 1 aromatic heterocycles. The van der Waals surface area contributed by atoms with Crippen LogP contribution in [0, 0.1) is 5.41 Å². The molecule has 0 spiro atoms. The summed E-state index contributed by atoms with van der Waals surface area (Å²) >= 11 is 7.29. The van der Waals surface area contributed by atoms with Gasteiger partial charge < -0.3 is 10.3 Å². The topological polar surface area (TPSA) is 79.0 Å². The fourth-order valence-corrected chi connectivity index (χ4v) is 3.67. The zero-order valence-electron chi connectivity index (χ0n) is 16.8. The first-order chi connectivity index (χ1) is 14.1. The fourth-order valence-electron chi connectivity index (χ4n) is 2.56. The van der Waals surface area contributed by atoms with Crippen molar-refractivity contribution in [1.29, 1.82) is 0 Å². The molecule has 154 valence electrons. The van der Waals surface area contributed by atoms with Gasteiger partial charge in [0.2, 0.25) is 0 Å². The van der Waals surface area contributed by atoms with E-state index in [1.54, 1.807) is 48.5 Å². The second-order valence-corrected chi connectivity index (χ2v) is 9.24. The second kappa shape index (κ2) is 8.81. The van der Waals surface area contributed by atoms with Gasteiger partial charge in [-0.1, -0.05) is 56.6 Å². The molecule has 0 aliphatic carbocycles. The van der Waals surface area contributed by atoms with Crippen LogP contribution in [-0.4, -0.2) is 16.7 Å². The number of nitrogens with one attached hydrogen (secondary N) is 2. The number of carbonyl (C=O) groups excluding carboxylic acids is 2. The third kappa shape index (κ3) is 5.34. The quantitative estimate of drug-likeness (QED) is 0.651. The SMILES string of the molecule is CC(C)(C)C(=O)/C=c1\[nH]c(=O)/c(=C\c2cccc(NC(=O)c3ccccc3Cl)c2)s1. The maximum absolute atomic E-state index is 12.5. The Balaban J connectivity index is 1.89. The Morgan fingerprint density at radius 2 is 1.83 bits per heavy atom. The molecule has 0 bridgehead atoms. The van der Waals surface area contributed by atoms with Crippen molar-refractivity contribution in [2.24, 2.45) is 5.41 Å². The molecule has 0 saturated carbocycles. The first-order valence-electron chi connectivity index (χ1n) is 9.26. The first-order valence-corrected chi connectivity index (χ1v) is 10.5. The summed E-state index contributed by atoms with van der Waals surface area (Å²) in [6.45, 7) is 5.48. The summed E-state index contributed by atoms with van der Waals surface area (Å²) < 4.78 is 0.979. The third-order valence-corrected chi connectivity index (χ3v) is 5.54. The fraction of sp³-hybridized carbons (Fsp3) is 0.174. The molecular formula is C23H21ClN2O3S. The number of ketones is 1. The summed E-state index contributed by atoms with van der Waals surface area (Å²) in [5.41, 5.74) is 0.925. The molecule has 1 heterocycles. The predicted octanol–water partition coefficient (Wildman–Crippen LogP) is 3.57. The Bertz CT molecular complexity index is 1280. The highest BCUT2D eigenvalue weighted by Gasteiger charge is 2.18. The van der Waals surface area contributed by atoms with Crippen LogP contribution in [0.15, 0.2) is 53.3 Å². The number of hydrogen-bond acceptors (Lipinski definition) is 4. The van der Waals surface area contributed by atoms with Crippen molar-refractivity contribution < 1.29 is 9.59 Å². The van der Waals surface area contributed by atoms with Gasteiger partial charge in [0.15, 0.2) is 5.78 Å². The van der Waals surface area contributed by atoms with Crippen LogP contribution in [0.2, 0.25) is 5.02 Å². The molecular weight excluding hydrogens is 420 g/mol. The summed E-state index contributed by atoms with van der Waals surface area (Å²) in [7, 11) is 0. The molecule has 3 rings (SSSR count). The Morgan fingerprint density at radius 3 is 2.53 bits per heavy atom. The molecule has 1 amide bonds. The number of rotatable bonds is 4. The monoisotopic (exact) mass is 440 g/mol. The van der Waals surface area contributed by atoms with Crippen LogP contribution >= 0.6 is 22.9 Å². The van der Waals surface area contributed by atoms with Crippen LogP contribution in [0.25, 0.3) is 12.2 Å². The molecule has 0 atom stereocenters. The number of H-pyrrole nitrogens is 1. The maximum atomic E-state index is 12.5. The highest BCUT2D eigenvalue weighted by Crippen LogP contribution is 2.18. The van der Waals surface area contributed by atoms with E-state index in [4.69, 9.17) is 11.6 Å². The lowest BCUT2D eigenvalue weighted by atomic mass is 9.91. The molecule has 0 fully saturated rings. The number of halogens is 1. The molecule has 30 heavy (non-hydrogen) atoms. The molecule has 7 heteroatoms. The van der Waals surface area contributed by atoms with E-state index in [9.17, 15) is 14.4 Å². The van der Waals surface area contributed by atoms with Gasteiger partial charge in [0.05, 0.1) is 19.8 Å². The largest absolute Gasteiger partial charge is 0.322 e. The summed E-state index contributed by atoms with van der Waals surface area (Å²) in [6.07, 6.45) is 3.18. The molecule has 0 radical (unpaired) electrons. The zero-order chi connectivity index (χ0) is 21.9. The van der Waals surface area contributed by atoms with Crippen LogP contribution in [0.1, 0.15) is 36.7 Å². The minimum absolute atomic E-state index is 0.0594. The minimum atomic E-state index is -0.515. The summed E-state index contributed by atoms with van der Waals surface area (Å²) in [5.74, 6) is -0.375. The lowest BCUT2D eigenvalue weighted by Crippen LogP contribution is -2.22. The normalized spacial score (nSPS) is 12.8. The van der Waals surface area contributed by atoms with Crippen molar-refractivity contribution in [3.8, 4) is 0 Å². The number of anilines is 1. The average Bonchev–Trinajstić information content (AvgIpc) is 3.00. The van der Waals surface area contributed by atoms with E-state index in [2.05, 4.69) is 10.3 Å². The number of amides is 1. The standard InChI is InChI=1S/C23H21ClN2O3S/c1-23(2,3)19(27)13-20-26-22(29)18(30-20)12-14-7-6-8-15(11-14)25-21(28)16-9-4-5-10-17(16)24/h4-13H,1-3H3,(H,25,28)(H,26,29)/b18-12+,20-13+. The molecule has 0 aliphatic heterocycles. The van der Waals surface area contributed by atoms with Gasteiger partial charge >= 0.3 is 0 Å². The van der Waals surface area contributed by atoms with Gasteiger partial charge in [-0.2, -0.15) is 0 Å². The van der Waals surface area contributed by atoms with E-state index in [0.717, 1.165) is 5.56 Å². The van der Waals surface area contributed by atoms with Gasteiger partial charge in [0.1, 0.15) is 0 Å². The van der Waals surface area contributed by atoms with Gasteiger partial charge in [0, 0.05) is 17.2 Å². The lowest BCUT2D eigenvalue weighted by Gasteiger charge is -2.12. The molecule has 0 saturated heterocycles. The second-order valence-electron chi connectivity index (χ2n) is 7.75. The molecule has 5 nitrogen and oxygen atoms in total. The van der Waals surface area contributed by atoms with Gasteiger partial charge in [-0.15, -0.1) is 11.3 Å². The number of aromatic amines is 1. The van der Waals surface area contributed by atoms with Crippen LogP contribution in [0.4, 0.5) is 5.69 Å². The van der Waals surface area contributed by atoms with Crippen molar-refractivity contribution in [3.05, 3.63) is 84.2 Å². The van der Waals surface area contributed by atoms with E-state index in [1.807, 2.05) is 26.8 Å². The summed E-state index contributed by atoms with van der Waals surface area (Å²) in [5, 5.41) is 3.18. The van der Waals surface area contributed by atoms with Crippen LogP contribution in [-0.2, 0) is 4.79 Å². The van der Waals surface area contributed by atoms with Gasteiger partial charge in [-0.25, -0.2) is 0 Å². The van der Waals surface area contributed by atoms with Crippen molar-refractivity contribution >= 4 is 52.5 Å². The molecule has 0 unspecified atom stereocenters. The van der Waals surface area contributed by atoms with Crippen molar-refractivity contribution in [3.63, 3.8) is 0 Å². The molecule has 2 N–H and O–H groups in total. The van der Waals surface area contributed by atoms with E-state index >= 15 is 0 Å². The minimum Gasteiger partial charge on any atom is -0.322 e. The molecule has 3 aromatic rings. The number of aromatic nitrogens is 1. The number of carbonyl (C=O) groups is 2. The Kier molecular flexibility index (Phi) is 6.39. The van der Waals surface area contributed by atoms with Crippen molar-refractivity contribution in [1.82, 2.24) is 4.98 Å². The lowest BCUT2D eigenvalue weighted by molar-refractivity contribution is -0.119. The summed E-state index contributed by atoms with van der Waals surface area (Å²) in [4.78, 5) is 39.6. The van der Waals surface area contributed by atoms with Crippen molar-refractivity contribution in [2.45, 2.75) is 20.8 Å². The van der Waals surface area contributed by atoms with E-state index in [0.29, 0.717) is 25.5 Å². The number of thiazole rings is 1. The van der Waals surface area contributed by atoms with Gasteiger partial charge in [-0.05, 0) is 35.9 Å². The Labute approximate surface area is 182 Å². The molecule has 0 aliphatic rings. The predicted molar refractivity (Wildman–Crippen MR) is 123 cm³/mol. The average molecular weight is 441 g/mol. The summed E-state index contributed by atoms with van der Waals surface area (Å²) in [6, 6.07) is 13.9. The Hall–Kier alpha value is -2.96. The number of hydrogen-bond donors (Lipinski definition) is 2. The van der Waals surface area contributed by atoms with E-state index in [-0.39, 0.29) is 17.2 Å².